The summed E-state index contributed by atoms with van der Waals surface area (Å²) >= 11 is 0. The molecule has 1 fully saturated rings. The van der Waals surface area contributed by atoms with Gasteiger partial charge in [-0.15, -0.1) is 0 Å². The van der Waals surface area contributed by atoms with Gasteiger partial charge >= 0.3 is 0 Å². The zero-order valence-electron chi connectivity index (χ0n) is 16.3. The predicted octanol–water partition coefficient (Wildman–Crippen LogP) is 2.55. The first-order valence-electron chi connectivity index (χ1n) is 9.80. The third-order valence-electron chi connectivity index (χ3n) is 5.85. The summed E-state index contributed by atoms with van der Waals surface area (Å²) in [7, 11) is -3.04. The number of hydrogen-bond donors (Lipinski definition) is 0. The molecule has 0 unspecified atom stereocenters. The molecule has 1 aromatic rings. The Morgan fingerprint density at radius 2 is 2.04 bits per heavy atom. The predicted molar refractivity (Wildman–Crippen MR) is 105 cm³/mol. The molecule has 0 bridgehead atoms. The first-order chi connectivity index (χ1) is 12.4. The molecule has 0 spiro atoms. The lowest BCUT2D eigenvalue weighted by atomic mass is 9.96. The van der Waals surface area contributed by atoms with E-state index in [0.29, 0.717) is 25.0 Å². The Kier molecular flexibility index (Phi) is 6.25. The van der Waals surface area contributed by atoms with Crippen LogP contribution in [0.5, 0.6) is 5.75 Å². The molecule has 0 saturated carbocycles. The van der Waals surface area contributed by atoms with Gasteiger partial charge in [-0.25, -0.2) is 12.7 Å². The van der Waals surface area contributed by atoms with Crippen LogP contribution in [0.15, 0.2) is 18.2 Å². The van der Waals surface area contributed by atoms with E-state index in [1.165, 1.54) is 17.4 Å². The van der Waals surface area contributed by atoms with Crippen molar-refractivity contribution in [1.82, 2.24) is 9.21 Å². The largest absolute Gasteiger partial charge is 0.493 e. The van der Waals surface area contributed by atoms with E-state index in [9.17, 15) is 8.42 Å². The molecule has 5 nitrogen and oxygen atoms in total. The van der Waals surface area contributed by atoms with Crippen LogP contribution in [0, 0.1) is 5.92 Å². The zero-order valence-corrected chi connectivity index (χ0v) is 17.1. The normalized spacial score (nSPS) is 20.2. The minimum Gasteiger partial charge on any atom is -0.493 e. The van der Waals surface area contributed by atoms with E-state index in [4.69, 9.17) is 4.74 Å². The summed E-state index contributed by atoms with van der Waals surface area (Å²) in [6.07, 6.45) is 5.31. The number of sulfonamides is 1. The van der Waals surface area contributed by atoms with E-state index < -0.39 is 10.0 Å². The summed E-state index contributed by atoms with van der Waals surface area (Å²) in [4.78, 5) is 2.55. The lowest BCUT2D eigenvalue weighted by Crippen LogP contribution is -2.43. The summed E-state index contributed by atoms with van der Waals surface area (Å²) < 4.78 is 30.6. The Bertz CT molecular complexity index is 712. The highest BCUT2D eigenvalue weighted by molar-refractivity contribution is 7.88. The van der Waals surface area contributed by atoms with Crippen molar-refractivity contribution in [1.29, 1.82) is 0 Å². The summed E-state index contributed by atoms with van der Waals surface area (Å²) in [5.41, 5.74) is 2.72. The quantitative estimate of drug-likeness (QED) is 0.729. The van der Waals surface area contributed by atoms with Gasteiger partial charge in [-0.2, -0.15) is 0 Å². The number of likely N-dealkylation sites (N-methyl/N-ethyl adjacent to an activating group) is 1. The Labute approximate surface area is 158 Å². The van der Waals surface area contributed by atoms with Gasteiger partial charge in [0, 0.05) is 32.1 Å². The summed E-state index contributed by atoms with van der Waals surface area (Å²) in [6, 6.07) is 7.09. The van der Waals surface area contributed by atoms with Gasteiger partial charge in [-0.1, -0.05) is 19.1 Å². The van der Waals surface area contributed by atoms with E-state index in [-0.39, 0.29) is 0 Å². The second-order valence-electron chi connectivity index (χ2n) is 7.79. The first-order valence-corrected chi connectivity index (χ1v) is 11.7. The van der Waals surface area contributed by atoms with Gasteiger partial charge in [-0.3, -0.25) is 0 Å². The van der Waals surface area contributed by atoms with E-state index in [2.05, 4.69) is 36.9 Å². The van der Waals surface area contributed by atoms with Crippen molar-refractivity contribution in [3.05, 3.63) is 29.3 Å². The van der Waals surface area contributed by atoms with E-state index in [0.717, 1.165) is 51.1 Å². The third-order valence-corrected chi connectivity index (χ3v) is 7.15. The maximum atomic E-state index is 11.7. The van der Waals surface area contributed by atoms with Gasteiger partial charge in [0.25, 0.3) is 0 Å². The maximum absolute atomic E-state index is 11.7. The molecule has 0 aromatic heterocycles. The van der Waals surface area contributed by atoms with E-state index in [1.807, 2.05) is 0 Å². The fraction of sp³-hybridized carbons (Fsp3) is 0.700. The molecule has 2 aliphatic heterocycles. The molecule has 1 aromatic carbocycles. The van der Waals surface area contributed by atoms with Crippen LogP contribution in [0.25, 0.3) is 0 Å². The minimum atomic E-state index is -3.04. The Hall–Kier alpha value is -1.11. The van der Waals surface area contributed by atoms with Gasteiger partial charge in [0.1, 0.15) is 5.75 Å². The van der Waals surface area contributed by atoms with Crippen LogP contribution in [0.4, 0.5) is 0 Å². The number of benzene rings is 1. The fourth-order valence-electron chi connectivity index (χ4n) is 4.21. The van der Waals surface area contributed by atoms with Gasteiger partial charge < -0.3 is 9.64 Å². The van der Waals surface area contributed by atoms with Gasteiger partial charge in [0.05, 0.1) is 12.9 Å². The molecule has 6 heteroatoms. The second kappa shape index (κ2) is 8.28. The average molecular weight is 381 g/mol. The number of hydrogen-bond acceptors (Lipinski definition) is 4. The van der Waals surface area contributed by atoms with Crippen molar-refractivity contribution in [3.63, 3.8) is 0 Å². The summed E-state index contributed by atoms with van der Waals surface area (Å²) in [5, 5.41) is 0. The zero-order chi connectivity index (χ0) is 18.7. The van der Waals surface area contributed by atoms with Gasteiger partial charge in [-0.05, 0) is 55.8 Å². The van der Waals surface area contributed by atoms with Crippen molar-refractivity contribution >= 4 is 10.0 Å². The fourth-order valence-corrected chi connectivity index (χ4v) is 5.09. The van der Waals surface area contributed by atoms with Gasteiger partial charge in [0.2, 0.25) is 10.0 Å². The molecule has 146 valence electrons. The van der Waals surface area contributed by atoms with E-state index >= 15 is 0 Å². The molecule has 2 aliphatic rings. The molecular weight excluding hydrogens is 348 g/mol. The topological polar surface area (TPSA) is 49.9 Å². The van der Waals surface area contributed by atoms with Gasteiger partial charge in [0.15, 0.2) is 0 Å². The average Bonchev–Trinajstić information content (AvgIpc) is 3.07. The van der Waals surface area contributed by atoms with Crippen molar-refractivity contribution < 1.29 is 13.2 Å². The van der Waals surface area contributed by atoms with Crippen LogP contribution < -0.4 is 4.74 Å². The number of nitrogens with zero attached hydrogens (tertiary/aromatic N) is 2. The molecule has 1 atom stereocenters. The molecule has 3 rings (SSSR count). The smallest absolute Gasteiger partial charge is 0.211 e. The lowest BCUT2D eigenvalue weighted by Gasteiger charge is -2.36. The number of fused-ring (bicyclic) bond motifs is 1. The molecule has 0 radical (unpaired) electrons. The van der Waals surface area contributed by atoms with Crippen molar-refractivity contribution in [2.45, 2.75) is 45.6 Å². The molecule has 26 heavy (non-hydrogen) atoms. The van der Waals surface area contributed by atoms with Crippen molar-refractivity contribution in [2.75, 3.05) is 39.0 Å². The van der Waals surface area contributed by atoms with E-state index in [1.54, 1.807) is 4.31 Å². The Balaban J connectivity index is 1.53. The SMILES string of the molecule is CCN(CC1CCN(S(C)(=O)=O)CC1)[C@@H](C)Cc1ccc2c(c1)CCO2. The molecule has 1 saturated heterocycles. The number of piperidine rings is 1. The van der Waals surface area contributed by atoms with Crippen LogP contribution in [-0.4, -0.2) is 62.7 Å². The van der Waals surface area contributed by atoms with Crippen LogP contribution >= 0.6 is 0 Å². The molecule has 2 heterocycles. The molecular formula is C20H32N2O3S. The monoisotopic (exact) mass is 380 g/mol. The maximum Gasteiger partial charge on any atom is 0.211 e. The van der Waals surface area contributed by atoms with Crippen LogP contribution in [0.1, 0.15) is 37.8 Å². The number of ether oxygens (including phenoxy) is 1. The summed E-state index contributed by atoms with van der Waals surface area (Å²) in [6.45, 7) is 8.75. The summed E-state index contributed by atoms with van der Waals surface area (Å²) in [5.74, 6) is 1.63. The van der Waals surface area contributed by atoms with Crippen LogP contribution in [0.2, 0.25) is 0 Å². The Morgan fingerprint density at radius 3 is 2.69 bits per heavy atom. The van der Waals surface area contributed by atoms with Crippen LogP contribution in [-0.2, 0) is 22.9 Å². The highest BCUT2D eigenvalue weighted by atomic mass is 32.2. The van der Waals surface area contributed by atoms with Crippen molar-refractivity contribution in [3.8, 4) is 5.75 Å². The highest BCUT2D eigenvalue weighted by Crippen LogP contribution is 2.27. The minimum absolute atomic E-state index is 0.480. The molecule has 0 N–H and O–H groups in total. The van der Waals surface area contributed by atoms with Crippen LogP contribution in [0.3, 0.4) is 0 Å². The van der Waals surface area contributed by atoms with Crippen molar-refractivity contribution in [2.24, 2.45) is 5.92 Å². The number of rotatable bonds is 7. The Morgan fingerprint density at radius 1 is 1.31 bits per heavy atom. The lowest BCUT2D eigenvalue weighted by molar-refractivity contribution is 0.152. The standard InChI is InChI=1S/C20H32N2O3S/c1-4-21(15-17-7-10-22(11-8-17)26(3,23)24)16(2)13-18-5-6-20-19(14-18)9-12-25-20/h5-6,14,16-17H,4,7-13,15H2,1-3H3/t16-/m0/s1. The second-order valence-corrected chi connectivity index (χ2v) is 9.77. The molecule has 0 aliphatic carbocycles. The highest BCUT2D eigenvalue weighted by Gasteiger charge is 2.27. The molecule has 0 amide bonds. The first kappa shape index (κ1) is 19.6. The third kappa shape index (κ3) is 4.78.